The van der Waals surface area contributed by atoms with Crippen LogP contribution in [0.5, 0.6) is 0 Å². The number of benzene rings is 1. The summed E-state index contributed by atoms with van der Waals surface area (Å²) in [7, 11) is 2.04. The number of likely N-dealkylation sites (N-methyl/N-ethyl adjacent to an activating group) is 1. The zero-order valence-corrected chi connectivity index (χ0v) is 15.1. The second kappa shape index (κ2) is 10.2. The number of carbonyl (C=O) groups is 1. The maximum absolute atomic E-state index is 11.8. The first-order chi connectivity index (χ1) is 11.6. The van der Waals surface area contributed by atoms with E-state index < -0.39 is 0 Å². The third-order valence-corrected chi connectivity index (χ3v) is 4.74. The van der Waals surface area contributed by atoms with Gasteiger partial charge in [0.1, 0.15) is 0 Å². The van der Waals surface area contributed by atoms with Crippen molar-refractivity contribution in [3.05, 3.63) is 30.3 Å². The van der Waals surface area contributed by atoms with Crippen molar-refractivity contribution in [3.63, 3.8) is 0 Å². The van der Waals surface area contributed by atoms with Gasteiger partial charge in [0.2, 0.25) is 0 Å². The standard InChI is InChI=1S/C19H32N4O/c1-17-9-14-23(15-10-17)13-6-11-20-19(24)21-12-16-22(2)18-7-4-3-5-8-18/h3-5,7-8,17H,6,9-16H2,1-2H3,(H2,20,21,24). The molecule has 0 aromatic heterocycles. The normalized spacial score (nSPS) is 15.9. The Bertz CT molecular complexity index is 472. The summed E-state index contributed by atoms with van der Waals surface area (Å²) in [6, 6.07) is 10.1. The number of piperidine rings is 1. The number of rotatable bonds is 8. The Morgan fingerprint density at radius 1 is 1.17 bits per heavy atom. The van der Waals surface area contributed by atoms with Gasteiger partial charge in [0.25, 0.3) is 0 Å². The molecule has 0 unspecified atom stereocenters. The topological polar surface area (TPSA) is 47.6 Å². The number of hydrogen-bond donors (Lipinski definition) is 2. The predicted octanol–water partition coefficient (Wildman–Crippen LogP) is 2.54. The number of anilines is 1. The summed E-state index contributed by atoms with van der Waals surface area (Å²) in [6.45, 7) is 8.01. The number of nitrogens with zero attached hydrogens (tertiary/aromatic N) is 2. The Balaban J connectivity index is 1.49. The Morgan fingerprint density at radius 3 is 2.54 bits per heavy atom. The highest BCUT2D eigenvalue weighted by molar-refractivity contribution is 5.73. The van der Waals surface area contributed by atoms with Crippen LogP contribution in [0.15, 0.2) is 30.3 Å². The van der Waals surface area contributed by atoms with E-state index in [2.05, 4.69) is 39.5 Å². The highest BCUT2D eigenvalue weighted by atomic mass is 16.2. The number of para-hydroxylation sites is 1. The van der Waals surface area contributed by atoms with E-state index in [1.807, 2.05) is 25.2 Å². The minimum absolute atomic E-state index is 0.0660. The minimum atomic E-state index is -0.0660. The highest BCUT2D eigenvalue weighted by Gasteiger charge is 2.14. The maximum atomic E-state index is 11.8. The van der Waals surface area contributed by atoms with Gasteiger partial charge in [-0.25, -0.2) is 4.79 Å². The number of carbonyl (C=O) groups excluding carboxylic acids is 1. The van der Waals surface area contributed by atoms with Crippen LogP contribution in [-0.4, -0.2) is 57.2 Å². The molecule has 1 aliphatic heterocycles. The van der Waals surface area contributed by atoms with Gasteiger partial charge in [-0.3, -0.25) is 0 Å². The van der Waals surface area contributed by atoms with Crippen molar-refractivity contribution in [2.24, 2.45) is 5.92 Å². The fourth-order valence-corrected chi connectivity index (χ4v) is 3.00. The molecule has 1 aromatic rings. The van der Waals surface area contributed by atoms with Crippen LogP contribution < -0.4 is 15.5 Å². The van der Waals surface area contributed by atoms with Crippen molar-refractivity contribution < 1.29 is 4.79 Å². The molecule has 1 aromatic carbocycles. The first-order valence-electron chi connectivity index (χ1n) is 9.15. The number of likely N-dealkylation sites (tertiary alicyclic amines) is 1. The molecule has 0 radical (unpaired) electrons. The average Bonchev–Trinajstić information content (AvgIpc) is 2.61. The van der Waals surface area contributed by atoms with E-state index in [4.69, 9.17) is 0 Å². The third kappa shape index (κ3) is 6.79. The van der Waals surface area contributed by atoms with Gasteiger partial charge in [0.05, 0.1) is 0 Å². The highest BCUT2D eigenvalue weighted by Crippen LogP contribution is 2.15. The Labute approximate surface area is 146 Å². The summed E-state index contributed by atoms with van der Waals surface area (Å²) in [4.78, 5) is 16.4. The largest absolute Gasteiger partial charge is 0.373 e. The lowest BCUT2D eigenvalue weighted by molar-refractivity contribution is 0.190. The van der Waals surface area contributed by atoms with Gasteiger partial charge in [0, 0.05) is 32.4 Å². The van der Waals surface area contributed by atoms with Crippen LogP contribution in [0.25, 0.3) is 0 Å². The first-order valence-corrected chi connectivity index (χ1v) is 9.15. The van der Waals surface area contributed by atoms with Crippen LogP contribution in [-0.2, 0) is 0 Å². The molecule has 0 spiro atoms. The molecular formula is C19H32N4O. The third-order valence-electron chi connectivity index (χ3n) is 4.74. The number of amides is 2. The molecule has 5 heteroatoms. The van der Waals surface area contributed by atoms with Gasteiger partial charge in [0.15, 0.2) is 0 Å². The average molecular weight is 332 g/mol. The maximum Gasteiger partial charge on any atom is 0.314 e. The molecular weight excluding hydrogens is 300 g/mol. The van der Waals surface area contributed by atoms with E-state index in [1.54, 1.807) is 0 Å². The zero-order valence-electron chi connectivity index (χ0n) is 15.1. The summed E-state index contributed by atoms with van der Waals surface area (Å²) in [6.07, 6.45) is 3.64. The van der Waals surface area contributed by atoms with Crippen molar-refractivity contribution in [3.8, 4) is 0 Å². The summed E-state index contributed by atoms with van der Waals surface area (Å²) in [5.74, 6) is 0.874. The van der Waals surface area contributed by atoms with Crippen molar-refractivity contribution in [2.75, 3.05) is 51.2 Å². The van der Waals surface area contributed by atoms with Gasteiger partial charge in [-0.1, -0.05) is 25.1 Å². The predicted molar refractivity (Wildman–Crippen MR) is 101 cm³/mol. The fourth-order valence-electron chi connectivity index (χ4n) is 3.00. The molecule has 0 bridgehead atoms. The lowest BCUT2D eigenvalue weighted by atomic mass is 9.99. The minimum Gasteiger partial charge on any atom is -0.373 e. The number of nitrogens with one attached hydrogen (secondary N) is 2. The van der Waals surface area contributed by atoms with E-state index in [0.717, 1.165) is 37.7 Å². The van der Waals surface area contributed by atoms with E-state index >= 15 is 0 Å². The van der Waals surface area contributed by atoms with Crippen molar-refractivity contribution >= 4 is 11.7 Å². The summed E-state index contributed by atoms with van der Waals surface area (Å²) in [5, 5.41) is 5.87. The van der Waals surface area contributed by atoms with E-state index in [-0.39, 0.29) is 6.03 Å². The second-order valence-electron chi connectivity index (χ2n) is 6.82. The van der Waals surface area contributed by atoms with Crippen LogP contribution >= 0.6 is 0 Å². The molecule has 1 heterocycles. The van der Waals surface area contributed by atoms with Crippen LogP contribution in [0.2, 0.25) is 0 Å². The van der Waals surface area contributed by atoms with Gasteiger partial charge < -0.3 is 20.4 Å². The summed E-state index contributed by atoms with van der Waals surface area (Å²) >= 11 is 0. The Morgan fingerprint density at radius 2 is 1.83 bits per heavy atom. The molecule has 0 atom stereocenters. The SMILES string of the molecule is CC1CCN(CCCNC(=O)NCCN(C)c2ccccc2)CC1. The van der Waals surface area contributed by atoms with Gasteiger partial charge in [-0.05, 0) is 56.9 Å². The lowest BCUT2D eigenvalue weighted by Crippen LogP contribution is -2.41. The quantitative estimate of drug-likeness (QED) is 0.719. The molecule has 2 N–H and O–H groups in total. The second-order valence-corrected chi connectivity index (χ2v) is 6.82. The Hall–Kier alpha value is -1.75. The van der Waals surface area contributed by atoms with E-state index in [0.29, 0.717) is 6.54 Å². The lowest BCUT2D eigenvalue weighted by Gasteiger charge is -2.30. The molecule has 2 amide bonds. The Kier molecular flexibility index (Phi) is 7.89. The molecule has 0 saturated carbocycles. The van der Waals surface area contributed by atoms with Crippen LogP contribution in [0.3, 0.4) is 0 Å². The first kappa shape index (κ1) is 18.6. The smallest absolute Gasteiger partial charge is 0.314 e. The fraction of sp³-hybridized carbons (Fsp3) is 0.632. The van der Waals surface area contributed by atoms with Crippen LogP contribution in [0.4, 0.5) is 10.5 Å². The number of urea groups is 1. The molecule has 134 valence electrons. The molecule has 1 aliphatic rings. The van der Waals surface area contributed by atoms with Gasteiger partial charge in [-0.15, -0.1) is 0 Å². The van der Waals surface area contributed by atoms with Crippen molar-refractivity contribution in [2.45, 2.75) is 26.2 Å². The molecule has 1 fully saturated rings. The molecule has 0 aliphatic carbocycles. The molecule has 2 rings (SSSR count). The van der Waals surface area contributed by atoms with Crippen molar-refractivity contribution in [1.29, 1.82) is 0 Å². The molecule has 24 heavy (non-hydrogen) atoms. The summed E-state index contributed by atoms with van der Waals surface area (Å²) < 4.78 is 0. The zero-order chi connectivity index (χ0) is 17.2. The van der Waals surface area contributed by atoms with Crippen LogP contribution in [0, 0.1) is 5.92 Å². The van der Waals surface area contributed by atoms with Gasteiger partial charge >= 0.3 is 6.03 Å². The van der Waals surface area contributed by atoms with E-state index in [1.165, 1.54) is 25.9 Å². The van der Waals surface area contributed by atoms with E-state index in [9.17, 15) is 4.79 Å². The molecule has 1 saturated heterocycles. The molecule has 5 nitrogen and oxygen atoms in total. The van der Waals surface area contributed by atoms with Gasteiger partial charge in [-0.2, -0.15) is 0 Å². The monoisotopic (exact) mass is 332 g/mol. The number of hydrogen-bond acceptors (Lipinski definition) is 3. The van der Waals surface area contributed by atoms with Crippen LogP contribution in [0.1, 0.15) is 26.2 Å². The summed E-state index contributed by atoms with van der Waals surface area (Å²) in [5.41, 5.74) is 1.16. The van der Waals surface area contributed by atoms with Crippen molar-refractivity contribution in [1.82, 2.24) is 15.5 Å².